The van der Waals surface area contributed by atoms with Crippen LogP contribution in [0, 0.1) is 0 Å². The Morgan fingerprint density at radius 1 is 1.40 bits per heavy atom. The van der Waals surface area contributed by atoms with Gasteiger partial charge in [0.1, 0.15) is 0 Å². The van der Waals surface area contributed by atoms with E-state index in [0.29, 0.717) is 4.91 Å². The third kappa shape index (κ3) is 10.5. The highest BCUT2D eigenvalue weighted by molar-refractivity contribution is 8.07. The number of hydrogen-bond donors (Lipinski definition) is 0. The summed E-state index contributed by atoms with van der Waals surface area (Å²) >= 11 is 1.30. The van der Waals surface area contributed by atoms with Gasteiger partial charge in [-0.3, -0.25) is 4.79 Å². The first-order chi connectivity index (χ1) is 4.66. The molecule has 0 aliphatic rings. The quantitative estimate of drug-likeness (QED) is 0.464. The predicted octanol–water partition coefficient (Wildman–Crippen LogP) is 2.99. The van der Waals surface area contributed by atoms with Crippen molar-refractivity contribution < 1.29 is 4.79 Å². The monoisotopic (exact) mass is 158 g/mol. The van der Waals surface area contributed by atoms with E-state index in [0.717, 1.165) is 11.2 Å². The van der Waals surface area contributed by atoms with Crippen LogP contribution in [-0.4, -0.2) is 6.29 Å². The number of hydrogen-bond acceptors (Lipinski definition) is 2. The Balaban J connectivity index is 0. The molecule has 0 aromatic rings. The topological polar surface area (TPSA) is 17.1 Å². The summed E-state index contributed by atoms with van der Waals surface area (Å²) in [5, 5.41) is 0. The number of aldehydes is 1. The molecule has 0 rings (SSSR count). The highest BCUT2D eigenvalue weighted by Crippen LogP contribution is 2.18. The number of allylic oxidation sites excluding steroid dienone is 2. The first-order valence-corrected chi connectivity index (χ1v) is 3.96. The zero-order chi connectivity index (χ0) is 8.57. The molecule has 0 aliphatic carbocycles. The maximum atomic E-state index is 9.88. The summed E-state index contributed by atoms with van der Waals surface area (Å²) in [6.45, 7) is 12.9. The molecule has 0 heterocycles. The molecule has 0 N–H and O–H groups in total. The summed E-state index contributed by atoms with van der Waals surface area (Å²) in [6.07, 6.45) is 0.722. The Labute approximate surface area is 67.2 Å². The lowest BCUT2D eigenvalue weighted by atomic mass is 10.7. The van der Waals surface area contributed by atoms with Gasteiger partial charge in [0.2, 0.25) is 0 Å². The standard InChI is InChI=1S/C6H8OS.C2H6/c1-5(2)8-6(3)4-7;1-2/h4H,1,3H2,2H3;1-2H3. The minimum atomic E-state index is 0.512. The second-order valence-corrected chi connectivity index (χ2v) is 2.81. The van der Waals surface area contributed by atoms with Gasteiger partial charge in [0.25, 0.3) is 0 Å². The smallest absolute Gasteiger partial charge is 0.156 e. The van der Waals surface area contributed by atoms with Crippen LogP contribution in [0.3, 0.4) is 0 Å². The third-order valence-corrected chi connectivity index (χ3v) is 1.14. The predicted molar refractivity (Wildman–Crippen MR) is 49.0 cm³/mol. The van der Waals surface area contributed by atoms with Crippen LogP contribution in [0.1, 0.15) is 20.8 Å². The highest BCUT2D eigenvalue weighted by Gasteiger charge is 1.89. The Hall–Kier alpha value is -0.500. The molecule has 0 atom stereocenters. The Bertz CT molecular complexity index is 127. The number of carbonyl (C=O) groups is 1. The maximum Gasteiger partial charge on any atom is 0.156 e. The van der Waals surface area contributed by atoms with Gasteiger partial charge in [-0.05, 0) is 11.8 Å². The second kappa shape index (κ2) is 8.50. The van der Waals surface area contributed by atoms with Gasteiger partial charge in [-0.15, -0.1) is 0 Å². The first-order valence-electron chi connectivity index (χ1n) is 3.14. The lowest BCUT2D eigenvalue weighted by molar-refractivity contribution is -0.104. The molecule has 0 aromatic carbocycles. The summed E-state index contributed by atoms with van der Waals surface area (Å²) in [6, 6.07) is 0. The molecule has 0 radical (unpaired) electrons. The van der Waals surface area contributed by atoms with E-state index < -0.39 is 0 Å². The summed E-state index contributed by atoms with van der Waals surface area (Å²) < 4.78 is 0. The molecule has 1 nitrogen and oxygen atoms in total. The fourth-order valence-corrected chi connectivity index (χ4v) is 0.744. The molecule has 0 saturated heterocycles. The Kier molecular flexibility index (Phi) is 10.4. The average molecular weight is 158 g/mol. The zero-order valence-electron chi connectivity index (χ0n) is 6.81. The van der Waals surface area contributed by atoms with Crippen molar-refractivity contribution in [1.82, 2.24) is 0 Å². The molecule has 0 bridgehead atoms. The molecule has 0 amide bonds. The maximum absolute atomic E-state index is 9.88. The van der Waals surface area contributed by atoms with Gasteiger partial charge < -0.3 is 0 Å². The van der Waals surface area contributed by atoms with E-state index in [4.69, 9.17) is 0 Å². The van der Waals surface area contributed by atoms with Gasteiger partial charge in [0.05, 0.1) is 0 Å². The molecule has 0 saturated carbocycles. The molecule has 58 valence electrons. The van der Waals surface area contributed by atoms with Crippen molar-refractivity contribution in [2.24, 2.45) is 0 Å². The van der Waals surface area contributed by atoms with Crippen LogP contribution in [0.15, 0.2) is 23.0 Å². The molecule has 0 unspecified atom stereocenters. The molecule has 0 spiro atoms. The largest absolute Gasteiger partial charge is 0.297 e. The Morgan fingerprint density at radius 2 is 1.80 bits per heavy atom. The van der Waals surface area contributed by atoms with E-state index in [9.17, 15) is 4.79 Å². The second-order valence-electron chi connectivity index (χ2n) is 1.39. The van der Waals surface area contributed by atoms with Gasteiger partial charge in [-0.25, -0.2) is 0 Å². The fourth-order valence-electron chi connectivity index (χ4n) is 0.248. The number of carbonyl (C=O) groups excluding carboxylic acids is 1. The van der Waals surface area contributed by atoms with Crippen molar-refractivity contribution in [3.8, 4) is 0 Å². The van der Waals surface area contributed by atoms with Crippen molar-refractivity contribution in [2.75, 3.05) is 0 Å². The van der Waals surface area contributed by atoms with E-state index in [-0.39, 0.29) is 0 Å². The van der Waals surface area contributed by atoms with Crippen LogP contribution in [0.25, 0.3) is 0 Å². The van der Waals surface area contributed by atoms with Crippen LogP contribution < -0.4 is 0 Å². The summed E-state index contributed by atoms with van der Waals surface area (Å²) in [7, 11) is 0. The van der Waals surface area contributed by atoms with E-state index in [1.165, 1.54) is 11.8 Å². The van der Waals surface area contributed by atoms with Crippen molar-refractivity contribution in [1.29, 1.82) is 0 Å². The SMILES string of the molecule is C=C(C)SC(=C)C=O.CC. The average Bonchev–Trinajstić information content (AvgIpc) is 1.91. The van der Waals surface area contributed by atoms with Crippen LogP contribution in [0.4, 0.5) is 0 Å². The molecule has 10 heavy (non-hydrogen) atoms. The molecule has 0 aromatic heterocycles. The van der Waals surface area contributed by atoms with Gasteiger partial charge in [-0.2, -0.15) is 0 Å². The van der Waals surface area contributed by atoms with Gasteiger partial charge in [0, 0.05) is 4.91 Å². The van der Waals surface area contributed by atoms with Crippen molar-refractivity contribution >= 4 is 18.0 Å². The van der Waals surface area contributed by atoms with Gasteiger partial charge in [-0.1, -0.05) is 38.8 Å². The summed E-state index contributed by atoms with van der Waals surface area (Å²) in [5.41, 5.74) is 0. The minimum Gasteiger partial charge on any atom is -0.297 e. The fraction of sp³-hybridized carbons (Fsp3) is 0.375. The lowest BCUT2D eigenvalue weighted by Crippen LogP contribution is -1.71. The lowest BCUT2D eigenvalue weighted by Gasteiger charge is -1.91. The zero-order valence-corrected chi connectivity index (χ0v) is 7.62. The Morgan fingerprint density at radius 3 is 1.90 bits per heavy atom. The molecular formula is C8H14OS. The van der Waals surface area contributed by atoms with E-state index in [1.54, 1.807) is 0 Å². The molecule has 0 fully saturated rings. The van der Waals surface area contributed by atoms with Crippen LogP contribution in [0.5, 0.6) is 0 Å². The number of thioether (sulfide) groups is 1. The third-order valence-electron chi connectivity index (χ3n) is 0.437. The van der Waals surface area contributed by atoms with Crippen molar-refractivity contribution in [3.63, 3.8) is 0 Å². The normalized spacial score (nSPS) is 7.10. The molecule has 0 aliphatic heterocycles. The molecule has 2 heteroatoms. The van der Waals surface area contributed by atoms with Crippen LogP contribution in [0.2, 0.25) is 0 Å². The van der Waals surface area contributed by atoms with E-state index in [1.807, 2.05) is 20.8 Å². The first kappa shape index (κ1) is 12.2. The van der Waals surface area contributed by atoms with E-state index >= 15 is 0 Å². The van der Waals surface area contributed by atoms with Crippen LogP contribution >= 0.6 is 11.8 Å². The van der Waals surface area contributed by atoms with Crippen molar-refractivity contribution in [3.05, 3.63) is 23.0 Å². The van der Waals surface area contributed by atoms with Crippen molar-refractivity contribution in [2.45, 2.75) is 20.8 Å². The van der Waals surface area contributed by atoms with E-state index in [2.05, 4.69) is 13.2 Å². The van der Waals surface area contributed by atoms with Gasteiger partial charge in [0.15, 0.2) is 6.29 Å². The summed E-state index contributed by atoms with van der Waals surface area (Å²) in [5.74, 6) is 0. The number of rotatable bonds is 3. The highest BCUT2D eigenvalue weighted by atomic mass is 32.2. The summed E-state index contributed by atoms with van der Waals surface area (Å²) in [4.78, 5) is 11.3. The minimum absolute atomic E-state index is 0.512. The molecular weight excluding hydrogens is 144 g/mol. The van der Waals surface area contributed by atoms with Gasteiger partial charge >= 0.3 is 0 Å². The van der Waals surface area contributed by atoms with Crippen LogP contribution in [-0.2, 0) is 4.79 Å².